The predicted molar refractivity (Wildman–Crippen MR) is 88.5 cm³/mol. The summed E-state index contributed by atoms with van der Waals surface area (Å²) in [5.74, 6) is 0. The number of nitrogens with one attached hydrogen (secondary N) is 1. The molecule has 0 bridgehead atoms. The van der Waals surface area contributed by atoms with Gasteiger partial charge >= 0.3 is 0 Å². The van der Waals surface area contributed by atoms with Gasteiger partial charge in [0.25, 0.3) is 10.0 Å². The summed E-state index contributed by atoms with van der Waals surface area (Å²) in [6, 6.07) is 11.1. The van der Waals surface area contributed by atoms with Gasteiger partial charge in [-0.1, -0.05) is 12.1 Å². The third kappa shape index (κ3) is 3.45. The van der Waals surface area contributed by atoms with Gasteiger partial charge in [0, 0.05) is 18.0 Å². The second kappa shape index (κ2) is 6.60. The van der Waals surface area contributed by atoms with Crippen molar-refractivity contribution in [2.75, 3.05) is 17.9 Å². The van der Waals surface area contributed by atoms with Crippen LogP contribution >= 0.6 is 11.3 Å². The monoisotopic (exact) mass is 324 g/mol. The highest BCUT2D eigenvalue weighted by Crippen LogP contribution is 2.28. The van der Waals surface area contributed by atoms with Crippen molar-refractivity contribution in [2.45, 2.75) is 24.6 Å². The van der Waals surface area contributed by atoms with Crippen LogP contribution in [-0.4, -0.2) is 22.0 Å². The lowest BCUT2D eigenvalue weighted by molar-refractivity contribution is 0.594. The third-order valence-corrected chi connectivity index (χ3v) is 6.56. The molecule has 1 N–H and O–H groups in total. The number of benzene rings is 1. The van der Waals surface area contributed by atoms with Crippen molar-refractivity contribution >= 4 is 27.0 Å². The van der Waals surface area contributed by atoms with E-state index in [1.165, 1.54) is 15.6 Å². The van der Waals surface area contributed by atoms with Crippen LogP contribution in [0.2, 0.25) is 0 Å². The smallest absolute Gasteiger partial charge is 0.273 e. The second-order valence-electron chi connectivity index (χ2n) is 4.76. The molecule has 21 heavy (non-hydrogen) atoms. The van der Waals surface area contributed by atoms with E-state index in [-0.39, 0.29) is 0 Å². The summed E-state index contributed by atoms with van der Waals surface area (Å²) in [4.78, 5) is 1.01. The van der Waals surface area contributed by atoms with E-state index in [0.717, 1.165) is 10.4 Å². The fraction of sp³-hybridized carbons (Fsp3) is 0.333. The van der Waals surface area contributed by atoms with Crippen LogP contribution in [0.3, 0.4) is 0 Å². The molecule has 0 aliphatic rings. The standard InChI is InChI=1S/C15H20N2O2S2/c1-4-17(13-7-5-6-12(2)10-13)21(18,19)15-9-8-14(20-15)11-16-3/h5-10,16H,4,11H2,1-3H3. The van der Waals surface area contributed by atoms with Crippen LogP contribution < -0.4 is 9.62 Å². The molecule has 1 aromatic carbocycles. The summed E-state index contributed by atoms with van der Waals surface area (Å²) in [5, 5.41) is 3.03. The van der Waals surface area contributed by atoms with Crippen molar-refractivity contribution in [3.8, 4) is 0 Å². The lowest BCUT2D eigenvalue weighted by atomic mass is 10.2. The predicted octanol–water partition coefficient (Wildman–Crippen LogP) is 2.99. The Hall–Kier alpha value is -1.37. The summed E-state index contributed by atoms with van der Waals surface area (Å²) in [6.45, 7) is 4.89. The Morgan fingerprint density at radius 1 is 1.24 bits per heavy atom. The molecule has 0 radical (unpaired) electrons. The summed E-state index contributed by atoms with van der Waals surface area (Å²) >= 11 is 1.31. The van der Waals surface area contributed by atoms with Crippen molar-refractivity contribution in [3.63, 3.8) is 0 Å². The number of hydrogen-bond acceptors (Lipinski definition) is 4. The maximum absolute atomic E-state index is 12.8. The van der Waals surface area contributed by atoms with E-state index in [9.17, 15) is 8.42 Å². The van der Waals surface area contributed by atoms with Crippen LogP contribution in [0.1, 0.15) is 17.4 Å². The van der Waals surface area contributed by atoms with E-state index < -0.39 is 10.0 Å². The zero-order valence-electron chi connectivity index (χ0n) is 12.5. The molecule has 114 valence electrons. The van der Waals surface area contributed by atoms with Gasteiger partial charge in [-0.05, 0) is 50.7 Å². The molecule has 6 heteroatoms. The summed E-state index contributed by atoms with van der Waals surface area (Å²) < 4.78 is 27.5. The fourth-order valence-electron chi connectivity index (χ4n) is 2.15. The van der Waals surface area contributed by atoms with Gasteiger partial charge in [0.1, 0.15) is 4.21 Å². The lowest BCUT2D eigenvalue weighted by Gasteiger charge is -2.22. The summed E-state index contributed by atoms with van der Waals surface area (Å²) in [7, 11) is -1.65. The molecule has 2 rings (SSSR count). The van der Waals surface area contributed by atoms with Crippen LogP contribution in [0, 0.1) is 6.92 Å². The Morgan fingerprint density at radius 3 is 2.62 bits per heavy atom. The van der Waals surface area contributed by atoms with E-state index in [0.29, 0.717) is 23.0 Å². The molecule has 0 aliphatic heterocycles. The van der Waals surface area contributed by atoms with Gasteiger partial charge in [0.2, 0.25) is 0 Å². The first-order valence-corrected chi connectivity index (χ1v) is 9.07. The van der Waals surface area contributed by atoms with E-state index >= 15 is 0 Å². The van der Waals surface area contributed by atoms with Gasteiger partial charge in [0.05, 0.1) is 5.69 Å². The topological polar surface area (TPSA) is 49.4 Å². The molecule has 0 fully saturated rings. The Bertz CT molecular complexity index is 708. The first-order valence-electron chi connectivity index (χ1n) is 6.81. The maximum Gasteiger partial charge on any atom is 0.273 e. The van der Waals surface area contributed by atoms with Gasteiger partial charge in [-0.3, -0.25) is 4.31 Å². The van der Waals surface area contributed by atoms with Crippen molar-refractivity contribution in [2.24, 2.45) is 0 Å². The minimum Gasteiger partial charge on any atom is -0.315 e. The molecular weight excluding hydrogens is 304 g/mol. The summed E-state index contributed by atoms with van der Waals surface area (Å²) in [6.07, 6.45) is 0. The molecule has 1 aromatic heterocycles. The van der Waals surface area contributed by atoms with Gasteiger partial charge in [-0.15, -0.1) is 11.3 Å². The summed E-state index contributed by atoms with van der Waals surface area (Å²) in [5.41, 5.74) is 1.75. The normalized spacial score (nSPS) is 11.6. The van der Waals surface area contributed by atoms with Gasteiger partial charge in [-0.2, -0.15) is 0 Å². The first-order chi connectivity index (χ1) is 9.98. The van der Waals surface area contributed by atoms with Gasteiger partial charge < -0.3 is 5.32 Å². The molecule has 0 atom stereocenters. The number of anilines is 1. The molecular formula is C15H20N2O2S2. The third-order valence-electron chi connectivity index (χ3n) is 3.11. The first kappa shape index (κ1) is 16.0. The van der Waals surface area contributed by atoms with Crippen molar-refractivity contribution in [1.82, 2.24) is 5.32 Å². The maximum atomic E-state index is 12.8. The number of nitrogens with zero attached hydrogens (tertiary/aromatic N) is 1. The fourth-order valence-corrected chi connectivity index (χ4v) is 5.10. The molecule has 1 heterocycles. The Labute approximate surface area is 130 Å². The van der Waals surface area contributed by atoms with Crippen molar-refractivity contribution < 1.29 is 8.42 Å². The minimum absolute atomic E-state index is 0.385. The SMILES string of the molecule is CCN(c1cccc(C)c1)S(=O)(=O)c1ccc(CNC)s1. The van der Waals surface area contributed by atoms with Crippen LogP contribution in [-0.2, 0) is 16.6 Å². The Kier molecular flexibility index (Phi) is 5.03. The quantitative estimate of drug-likeness (QED) is 0.888. The molecule has 2 aromatic rings. The molecule has 0 saturated carbocycles. The van der Waals surface area contributed by atoms with E-state index in [4.69, 9.17) is 0 Å². The largest absolute Gasteiger partial charge is 0.315 e. The molecule has 0 aliphatic carbocycles. The van der Waals surface area contributed by atoms with Crippen molar-refractivity contribution in [1.29, 1.82) is 0 Å². The second-order valence-corrected chi connectivity index (χ2v) is 8.02. The highest BCUT2D eigenvalue weighted by Gasteiger charge is 2.25. The van der Waals surface area contributed by atoms with E-state index in [1.807, 2.05) is 51.2 Å². The minimum atomic E-state index is -3.49. The molecule has 4 nitrogen and oxygen atoms in total. The van der Waals surface area contributed by atoms with Crippen LogP contribution in [0.25, 0.3) is 0 Å². The molecule has 0 saturated heterocycles. The number of hydrogen-bond donors (Lipinski definition) is 1. The number of thiophene rings is 1. The van der Waals surface area contributed by atoms with Crippen LogP contribution in [0.15, 0.2) is 40.6 Å². The highest BCUT2D eigenvalue weighted by atomic mass is 32.2. The average Bonchev–Trinajstić information content (AvgIpc) is 2.89. The lowest BCUT2D eigenvalue weighted by Crippen LogP contribution is -2.30. The molecule has 0 spiro atoms. The number of aryl methyl sites for hydroxylation is 1. The van der Waals surface area contributed by atoms with Crippen LogP contribution in [0.4, 0.5) is 5.69 Å². The van der Waals surface area contributed by atoms with Gasteiger partial charge in [-0.25, -0.2) is 8.42 Å². The molecule has 0 unspecified atom stereocenters. The van der Waals surface area contributed by atoms with Crippen LogP contribution in [0.5, 0.6) is 0 Å². The van der Waals surface area contributed by atoms with Gasteiger partial charge in [0.15, 0.2) is 0 Å². The van der Waals surface area contributed by atoms with E-state index in [2.05, 4.69) is 5.32 Å². The number of rotatable bonds is 6. The zero-order chi connectivity index (χ0) is 15.5. The number of sulfonamides is 1. The molecule has 0 amide bonds. The van der Waals surface area contributed by atoms with E-state index in [1.54, 1.807) is 6.07 Å². The Morgan fingerprint density at radius 2 is 2.00 bits per heavy atom. The highest BCUT2D eigenvalue weighted by molar-refractivity contribution is 7.94. The Balaban J connectivity index is 2.39. The average molecular weight is 324 g/mol. The van der Waals surface area contributed by atoms with Crippen molar-refractivity contribution in [3.05, 3.63) is 46.8 Å². The zero-order valence-corrected chi connectivity index (χ0v) is 14.1.